The van der Waals surface area contributed by atoms with Crippen molar-refractivity contribution in [1.82, 2.24) is 0 Å². The van der Waals surface area contributed by atoms with Crippen LogP contribution < -0.4 is 0 Å². The Morgan fingerprint density at radius 3 is 0.959 bits per heavy atom. The Kier molecular flexibility index (Phi) is 68.4. The molecule has 0 aliphatic carbocycles. The highest BCUT2D eigenvalue weighted by atomic mass is 31.2. The summed E-state index contributed by atoms with van der Waals surface area (Å²) in [6.45, 7) is 4.58. The van der Waals surface area contributed by atoms with E-state index in [9.17, 15) is 43.2 Å². The molecule has 0 bridgehead atoms. The minimum atomic E-state index is -4.99. The molecule has 0 heterocycles. The van der Waals surface area contributed by atoms with Crippen molar-refractivity contribution < 1.29 is 80.2 Å². The van der Waals surface area contributed by atoms with Gasteiger partial charge in [-0.2, -0.15) is 0 Å². The molecule has 0 rings (SSSR count). The molecule has 0 aliphatic rings. The van der Waals surface area contributed by atoms with E-state index in [1.54, 1.807) is 6.08 Å². The minimum absolute atomic E-state index is 0.0689. The van der Waals surface area contributed by atoms with Gasteiger partial charge in [0.25, 0.3) is 0 Å². The zero-order valence-corrected chi connectivity index (χ0v) is 63.5. The Balaban J connectivity index is 5.40. The van der Waals surface area contributed by atoms with Gasteiger partial charge in [-0.3, -0.25) is 37.3 Å². The van der Waals surface area contributed by atoms with Crippen LogP contribution in [0.2, 0.25) is 0 Å². The third-order valence-electron chi connectivity index (χ3n) is 16.0. The molecule has 0 fully saturated rings. The van der Waals surface area contributed by atoms with Crippen LogP contribution in [0.4, 0.5) is 0 Å². The molecule has 0 aliphatic heterocycles. The summed E-state index contributed by atoms with van der Waals surface area (Å²) in [5.74, 6) is -2.33. The molecule has 17 nitrogen and oxygen atoms in total. The largest absolute Gasteiger partial charge is 0.472 e. The van der Waals surface area contributed by atoms with Gasteiger partial charge < -0.3 is 33.8 Å². The number of allylic oxidation sites excluding steroid dienone is 15. The van der Waals surface area contributed by atoms with Gasteiger partial charge in [-0.05, 0) is 103 Å². The maximum atomic E-state index is 13.1. The number of hydrogen-bond acceptors (Lipinski definition) is 15. The predicted octanol–water partition coefficient (Wildman–Crippen LogP) is 22.0. The maximum Gasteiger partial charge on any atom is 0.472 e. The van der Waals surface area contributed by atoms with Gasteiger partial charge in [-0.25, -0.2) is 9.13 Å². The van der Waals surface area contributed by atoms with E-state index in [4.69, 9.17) is 37.0 Å². The highest BCUT2D eigenvalue weighted by molar-refractivity contribution is 7.47. The standard InChI is InChI=1S/C79H138O17P2/c1-5-9-13-17-21-25-29-33-36-40-43-47-51-55-59-63-76(81)89-69-74(95-78(83)65-61-57-53-49-45-39-32-28-24-20-16-12-8-4)71-93-97(85,86)91-67-73(80)68-92-98(87,88)94-72-75(96-79(84)66-62-58-54-50-46-42-38-35-31-27-23-19-15-11-7-3)70-90-77(82)64-60-56-52-48-44-41-37-34-30-26-22-18-14-10-6-2/h10,14,16,20,22,26,28,32-34,36-37,44,48,56,60,73-75,80H,5-9,11-13,15,17-19,21,23-25,27,29-31,35,38-43,45-47,49-55,57-59,61-72H2,1-4H3,(H,85,86)(H,87,88)/b14-10-,20-16-,26-22-,32-28-,36-33-,37-34-,48-44-,60-56-. The number of hydrogen-bond donors (Lipinski definition) is 3. The first-order valence-corrected chi connectivity index (χ1v) is 41.5. The summed E-state index contributed by atoms with van der Waals surface area (Å²) in [5, 5.41) is 10.6. The maximum absolute atomic E-state index is 13.1. The fraction of sp³-hybridized carbons (Fsp3) is 0.747. The van der Waals surface area contributed by atoms with E-state index in [0.717, 1.165) is 141 Å². The lowest BCUT2D eigenvalue weighted by Gasteiger charge is -2.21. The molecule has 3 N–H and O–H groups in total. The van der Waals surface area contributed by atoms with Crippen LogP contribution in [0.5, 0.6) is 0 Å². The second kappa shape index (κ2) is 71.4. The summed E-state index contributed by atoms with van der Waals surface area (Å²) in [4.78, 5) is 72.8. The first kappa shape index (κ1) is 94.0. The molecule has 0 spiro atoms. The molecule has 0 amide bonds. The molecule has 19 heteroatoms. The molecule has 0 aromatic heterocycles. The van der Waals surface area contributed by atoms with Crippen LogP contribution in [-0.2, 0) is 65.4 Å². The summed E-state index contributed by atoms with van der Waals surface area (Å²) >= 11 is 0. The van der Waals surface area contributed by atoms with Crippen molar-refractivity contribution in [1.29, 1.82) is 0 Å². The van der Waals surface area contributed by atoms with E-state index in [1.807, 2.05) is 18.2 Å². The zero-order chi connectivity index (χ0) is 71.8. The van der Waals surface area contributed by atoms with Gasteiger partial charge in [0.05, 0.1) is 32.8 Å². The number of esters is 4. The number of ether oxygens (including phenoxy) is 4. The van der Waals surface area contributed by atoms with Gasteiger partial charge in [0.15, 0.2) is 12.2 Å². The van der Waals surface area contributed by atoms with Crippen LogP contribution >= 0.6 is 15.6 Å². The quantitative estimate of drug-likeness (QED) is 0.0169. The summed E-state index contributed by atoms with van der Waals surface area (Å²) in [6, 6.07) is 0. The number of unbranched alkanes of at least 4 members (excludes halogenated alkanes) is 31. The van der Waals surface area contributed by atoms with Crippen molar-refractivity contribution in [2.45, 2.75) is 341 Å². The van der Waals surface area contributed by atoms with Crippen LogP contribution in [0, 0.1) is 0 Å². The van der Waals surface area contributed by atoms with Crippen molar-refractivity contribution in [3.63, 3.8) is 0 Å². The highest BCUT2D eigenvalue weighted by Gasteiger charge is 2.30. The van der Waals surface area contributed by atoms with E-state index >= 15 is 0 Å². The van der Waals surface area contributed by atoms with Gasteiger partial charge >= 0.3 is 39.5 Å². The molecule has 5 unspecified atom stereocenters. The van der Waals surface area contributed by atoms with Crippen LogP contribution in [0.15, 0.2) is 97.2 Å². The first-order chi connectivity index (χ1) is 47.7. The van der Waals surface area contributed by atoms with Crippen LogP contribution in [0.1, 0.15) is 323 Å². The van der Waals surface area contributed by atoms with E-state index in [1.165, 1.54) is 103 Å². The third kappa shape index (κ3) is 70.4. The zero-order valence-electron chi connectivity index (χ0n) is 61.7. The lowest BCUT2D eigenvalue weighted by atomic mass is 10.0. The number of aliphatic hydroxyl groups is 1. The smallest absolute Gasteiger partial charge is 0.462 e. The molecule has 0 aromatic carbocycles. The van der Waals surface area contributed by atoms with Gasteiger partial charge in [0, 0.05) is 19.3 Å². The fourth-order valence-electron chi connectivity index (χ4n) is 10.2. The monoisotopic (exact) mass is 1420 g/mol. The van der Waals surface area contributed by atoms with Gasteiger partial charge in [-0.15, -0.1) is 0 Å². The minimum Gasteiger partial charge on any atom is -0.462 e. The molecular formula is C79H138O17P2. The molecule has 5 atom stereocenters. The highest BCUT2D eigenvalue weighted by Crippen LogP contribution is 2.45. The average molecular weight is 1420 g/mol. The first-order valence-electron chi connectivity index (χ1n) is 38.5. The average Bonchev–Trinajstić information content (AvgIpc) is 1.04. The van der Waals surface area contributed by atoms with Gasteiger partial charge in [-0.1, -0.05) is 292 Å². The fourth-order valence-corrected chi connectivity index (χ4v) is 11.8. The van der Waals surface area contributed by atoms with E-state index < -0.39 is 97.5 Å². The number of phosphoric ester groups is 2. The summed E-state index contributed by atoms with van der Waals surface area (Å²) < 4.78 is 68.3. The van der Waals surface area contributed by atoms with Crippen LogP contribution in [0.25, 0.3) is 0 Å². The summed E-state index contributed by atoms with van der Waals surface area (Å²) in [6.07, 6.45) is 74.3. The topological polar surface area (TPSA) is 237 Å². The number of aliphatic hydroxyl groups excluding tert-OH is 1. The van der Waals surface area contributed by atoms with E-state index in [0.29, 0.717) is 25.7 Å². The Morgan fingerprint density at radius 1 is 0.306 bits per heavy atom. The van der Waals surface area contributed by atoms with Crippen molar-refractivity contribution in [2.24, 2.45) is 0 Å². The predicted molar refractivity (Wildman–Crippen MR) is 399 cm³/mol. The Bertz CT molecular complexity index is 2240. The van der Waals surface area contributed by atoms with Crippen LogP contribution in [-0.4, -0.2) is 96.7 Å². The van der Waals surface area contributed by atoms with Crippen molar-refractivity contribution in [3.05, 3.63) is 97.2 Å². The SMILES string of the molecule is CC/C=C\C/C=C\C/C=C\C/C=C\C/C=C\CC(=O)OCC(COP(=O)(O)OCC(O)COP(=O)(O)OCC(COC(=O)CCCCCCC/C=C\CCCCCCCC)OC(=O)CCCCCCC/C=C\C/C=C\CCC)OC(=O)CCCCCCCCCCCCCCCCC. The van der Waals surface area contributed by atoms with Crippen LogP contribution in [0.3, 0.4) is 0 Å². The Morgan fingerprint density at radius 2 is 0.592 bits per heavy atom. The molecule has 566 valence electrons. The van der Waals surface area contributed by atoms with Gasteiger partial charge in [0.1, 0.15) is 19.3 Å². The number of carbonyl (C=O) groups excluding carboxylic acids is 4. The molecular weight excluding hydrogens is 1280 g/mol. The normalized spacial score (nSPS) is 14.5. The molecule has 98 heavy (non-hydrogen) atoms. The Hall–Kier alpha value is -4.02. The summed E-state index contributed by atoms with van der Waals surface area (Å²) in [7, 11) is -9.97. The molecule has 0 aromatic rings. The molecule has 0 radical (unpaired) electrons. The third-order valence-corrected chi connectivity index (χ3v) is 17.9. The van der Waals surface area contributed by atoms with Crippen molar-refractivity contribution in [3.8, 4) is 0 Å². The second-order valence-corrected chi connectivity index (χ2v) is 28.5. The van der Waals surface area contributed by atoms with E-state index in [-0.39, 0.29) is 25.7 Å². The number of phosphoric acid groups is 2. The number of rotatable bonds is 72. The van der Waals surface area contributed by atoms with Crippen molar-refractivity contribution in [2.75, 3.05) is 39.6 Å². The van der Waals surface area contributed by atoms with Gasteiger partial charge in [0.2, 0.25) is 0 Å². The van der Waals surface area contributed by atoms with E-state index in [2.05, 4.69) is 101 Å². The molecule has 0 saturated heterocycles. The molecule has 0 saturated carbocycles. The lowest BCUT2D eigenvalue weighted by molar-refractivity contribution is -0.161. The second-order valence-electron chi connectivity index (χ2n) is 25.6. The summed E-state index contributed by atoms with van der Waals surface area (Å²) in [5.41, 5.74) is 0. The number of carbonyl (C=O) groups is 4. The Labute approximate surface area is 595 Å². The van der Waals surface area contributed by atoms with Crippen molar-refractivity contribution >= 4 is 39.5 Å². The lowest BCUT2D eigenvalue weighted by Crippen LogP contribution is -2.30.